The third-order valence-electron chi connectivity index (χ3n) is 7.19. The number of piperazine rings is 1. The highest BCUT2D eigenvalue weighted by atomic mass is 35.5. The molecule has 1 saturated heterocycles. The zero-order chi connectivity index (χ0) is 27.7. The molecule has 2 fully saturated rings. The lowest BCUT2D eigenvalue weighted by Crippen LogP contribution is -2.56. The minimum atomic E-state index is -4.49. The average molecular weight is 581 g/mol. The summed E-state index contributed by atoms with van der Waals surface area (Å²) in [4.78, 5) is 11.6. The van der Waals surface area contributed by atoms with Gasteiger partial charge in [0.15, 0.2) is 17.5 Å². The van der Waals surface area contributed by atoms with Gasteiger partial charge >= 0.3 is 0 Å². The van der Waals surface area contributed by atoms with Crippen LogP contribution in [0.2, 0.25) is 5.02 Å². The Kier molecular flexibility index (Phi) is 5.81. The van der Waals surface area contributed by atoms with E-state index in [2.05, 4.69) is 15.1 Å². The van der Waals surface area contributed by atoms with Crippen LogP contribution in [0.25, 0.3) is 10.9 Å². The molecule has 3 heterocycles. The lowest BCUT2D eigenvalue weighted by Gasteiger charge is -2.42. The Hall–Kier alpha value is -3.45. The van der Waals surface area contributed by atoms with Crippen LogP contribution in [0.3, 0.4) is 0 Å². The molecule has 14 heteroatoms. The Bertz CT molecular complexity index is 1690. The van der Waals surface area contributed by atoms with Crippen LogP contribution in [0.15, 0.2) is 53.7 Å². The minimum Gasteiger partial charge on any atom is -0.345 e. The van der Waals surface area contributed by atoms with Crippen LogP contribution < -0.4 is 9.80 Å². The van der Waals surface area contributed by atoms with Gasteiger partial charge in [-0.1, -0.05) is 23.7 Å². The molecule has 8 nitrogen and oxygen atoms in total. The maximum Gasteiger partial charge on any atom is 0.283 e. The van der Waals surface area contributed by atoms with E-state index >= 15 is 4.39 Å². The smallest absolute Gasteiger partial charge is 0.283 e. The predicted octanol–water partition coefficient (Wildman–Crippen LogP) is 4.97. The zero-order valence-corrected chi connectivity index (χ0v) is 22.0. The molecule has 4 aromatic rings. The molecule has 1 aliphatic carbocycles. The van der Waals surface area contributed by atoms with Gasteiger partial charge in [0.05, 0.1) is 33.2 Å². The Morgan fingerprint density at radius 3 is 2.28 bits per heavy atom. The molecule has 1 spiro atoms. The van der Waals surface area contributed by atoms with Crippen LogP contribution in [0, 0.1) is 11.6 Å². The summed E-state index contributed by atoms with van der Waals surface area (Å²) in [6, 6.07) is 6.50. The molecular formula is C25H21ClF4N6O2S. The fourth-order valence-electron chi connectivity index (χ4n) is 5.03. The molecule has 1 saturated carbocycles. The average Bonchev–Trinajstić information content (AvgIpc) is 3.52. The molecule has 0 amide bonds. The fourth-order valence-corrected chi connectivity index (χ4v) is 6.55. The number of hydrogen-bond acceptors (Lipinski definition) is 7. The largest absolute Gasteiger partial charge is 0.345 e. The van der Waals surface area contributed by atoms with E-state index in [1.807, 2.05) is 9.80 Å². The first-order valence-corrected chi connectivity index (χ1v) is 13.8. The highest BCUT2D eigenvalue weighted by Gasteiger charge is 2.53. The van der Waals surface area contributed by atoms with Gasteiger partial charge in [-0.2, -0.15) is 8.42 Å². The van der Waals surface area contributed by atoms with Crippen molar-refractivity contribution in [1.29, 1.82) is 0 Å². The number of benzene rings is 2. The second-order valence-corrected chi connectivity index (χ2v) is 12.0. The summed E-state index contributed by atoms with van der Waals surface area (Å²) >= 11 is 6.50. The number of anilines is 2. The first kappa shape index (κ1) is 25.8. The van der Waals surface area contributed by atoms with Crippen LogP contribution in [0.1, 0.15) is 25.3 Å². The van der Waals surface area contributed by atoms with Gasteiger partial charge in [-0.15, -0.1) is 9.19 Å². The lowest BCUT2D eigenvalue weighted by atomic mass is 10.1. The molecule has 0 unspecified atom stereocenters. The maximum absolute atomic E-state index is 15.2. The van der Waals surface area contributed by atoms with E-state index in [0.29, 0.717) is 36.6 Å². The molecule has 6 rings (SSSR count). The lowest BCUT2D eigenvalue weighted by molar-refractivity contribution is 0.0174. The van der Waals surface area contributed by atoms with Crippen molar-refractivity contribution >= 4 is 44.3 Å². The maximum atomic E-state index is 15.2. The summed E-state index contributed by atoms with van der Waals surface area (Å²) in [5.74, 6) is -3.99. The van der Waals surface area contributed by atoms with E-state index in [1.165, 1.54) is 6.07 Å². The van der Waals surface area contributed by atoms with Gasteiger partial charge in [-0.25, -0.2) is 27.5 Å². The van der Waals surface area contributed by atoms with Crippen molar-refractivity contribution in [1.82, 2.24) is 19.2 Å². The molecule has 0 atom stereocenters. The fraction of sp³-hybridized carbons (Fsp3) is 0.320. The second-order valence-electron chi connectivity index (χ2n) is 9.84. The van der Waals surface area contributed by atoms with Gasteiger partial charge in [-0.05, 0) is 37.1 Å². The van der Waals surface area contributed by atoms with Crippen LogP contribution in [0.4, 0.5) is 29.3 Å². The van der Waals surface area contributed by atoms with E-state index in [9.17, 15) is 21.6 Å². The number of halogens is 5. The summed E-state index contributed by atoms with van der Waals surface area (Å²) < 4.78 is 83.8. The summed E-state index contributed by atoms with van der Waals surface area (Å²) in [5.41, 5.74) is -1.15. The van der Waals surface area contributed by atoms with Crippen molar-refractivity contribution in [3.8, 4) is 0 Å². The summed E-state index contributed by atoms with van der Waals surface area (Å²) in [7, 11) is -4.49. The van der Waals surface area contributed by atoms with Crippen molar-refractivity contribution in [3.63, 3.8) is 0 Å². The second kappa shape index (κ2) is 8.78. The number of aromatic nitrogens is 4. The summed E-state index contributed by atoms with van der Waals surface area (Å²) in [5, 5.41) is 4.63. The summed E-state index contributed by atoms with van der Waals surface area (Å²) in [6.45, 7) is 1.93. The van der Waals surface area contributed by atoms with Crippen LogP contribution in [0.5, 0.6) is 0 Å². The molecule has 0 bridgehead atoms. The monoisotopic (exact) mass is 580 g/mol. The SMILES string of the molecule is CC(F)(F)c1ccc(S(=O)(=O)n2nc(N3CCN(c4ncc(F)cn4)CC34CC4)c3c(Cl)ccc(F)c32)cc1. The predicted molar refractivity (Wildman–Crippen MR) is 137 cm³/mol. The Labute approximate surface area is 225 Å². The molecule has 2 aromatic carbocycles. The van der Waals surface area contributed by atoms with Crippen LogP contribution in [-0.2, 0) is 15.9 Å². The quantitative estimate of drug-likeness (QED) is 0.308. The zero-order valence-electron chi connectivity index (χ0n) is 20.5. The topological polar surface area (TPSA) is 84.2 Å². The molecule has 0 radical (unpaired) electrons. The Balaban J connectivity index is 1.43. The van der Waals surface area contributed by atoms with Crippen molar-refractivity contribution in [2.75, 3.05) is 29.4 Å². The first-order chi connectivity index (χ1) is 18.4. The Morgan fingerprint density at radius 2 is 1.67 bits per heavy atom. The van der Waals surface area contributed by atoms with Crippen molar-refractivity contribution in [2.24, 2.45) is 0 Å². The number of alkyl halides is 2. The van der Waals surface area contributed by atoms with Gasteiger partial charge in [-0.3, -0.25) is 0 Å². The van der Waals surface area contributed by atoms with Crippen LogP contribution >= 0.6 is 11.6 Å². The van der Waals surface area contributed by atoms with Crippen molar-refractivity contribution < 1.29 is 26.0 Å². The van der Waals surface area contributed by atoms with Crippen molar-refractivity contribution in [2.45, 2.75) is 36.1 Å². The molecule has 2 aliphatic rings. The number of fused-ring (bicyclic) bond motifs is 1. The van der Waals surface area contributed by atoms with Gasteiger partial charge in [0.25, 0.3) is 15.9 Å². The van der Waals surface area contributed by atoms with E-state index in [0.717, 1.165) is 55.6 Å². The highest BCUT2D eigenvalue weighted by molar-refractivity contribution is 7.90. The number of hydrogen-bond donors (Lipinski definition) is 0. The molecule has 0 N–H and O–H groups in total. The van der Waals surface area contributed by atoms with E-state index in [4.69, 9.17) is 11.6 Å². The standard InChI is InChI=1S/C25H21ClF4N6O2S/c1-24(29,30)15-2-4-17(5-3-15)39(37,38)36-21-19(28)7-6-18(26)20(21)22(33-36)35-11-10-34(14-25(35)8-9-25)23-31-12-16(27)13-32-23/h2-7,12-13H,8-11,14H2,1H3. The molecule has 204 valence electrons. The van der Waals surface area contributed by atoms with Crippen LogP contribution in [-0.4, -0.2) is 52.7 Å². The molecular weight excluding hydrogens is 560 g/mol. The third-order valence-corrected chi connectivity index (χ3v) is 9.09. The molecule has 39 heavy (non-hydrogen) atoms. The number of nitrogens with zero attached hydrogens (tertiary/aromatic N) is 6. The molecule has 2 aromatic heterocycles. The van der Waals surface area contributed by atoms with E-state index < -0.39 is 33.1 Å². The Morgan fingerprint density at radius 1 is 1.00 bits per heavy atom. The van der Waals surface area contributed by atoms with E-state index in [1.54, 1.807) is 0 Å². The van der Waals surface area contributed by atoms with Gasteiger partial charge in [0.1, 0.15) is 5.52 Å². The highest BCUT2D eigenvalue weighted by Crippen LogP contribution is 2.49. The van der Waals surface area contributed by atoms with Gasteiger partial charge < -0.3 is 9.80 Å². The minimum absolute atomic E-state index is 0.115. The van der Waals surface area contributed by atoms with Crippen molar-refractivity contribution in [3.05, 3.63) is 71.0 Å². The third kappa shape index (κ3) is 4.27. The van der Waals surface area contributed by atoms with Gasteiger partial charge in [0, 0.05) is 32.1 Å². The molecule has 1 aliphatic heterocycles. The number of rotatable bonds is 5. The normalized spacial score (nSPS) is 17.3. The summed E-state index contributed by atoms with van der Waals surface area (Å²) in [6.07, 6.45) is 3.66. The van der Waals surface area contributed by atoms with Gasteiger partial charge in [0.2, 0.25) is 5.95 Å². The first-order valence-electron chi connectivity index (χ1n) is 12.0. The van der Waals surface area contributed by atoms with E-state index in [-0.39, 0.29) is 32.2 Å².